The molecule has 6 nitrogen and oxygen atoms in total. The lowest BCUT2D eigenvalue weighted by Gasteiger charge is -2.02. The summed E-state index contributed by atoms with van der Waals surface area (Å²) in [5.74, 6) is 0.658. The summed E-state index contributed by atoms with van der Waals surface area (Å²) in [6, 6.07) is 14.4. The summed E-state index contributed by atoms with van der Waals surface area (Å²) in [5.41, 5.74) is 9.03. The number of nitrogens with two attached hydrogens (primary N) is 1. The van der Waals surface area contributed by atoms with Crippen molar-refractivity contribution >= 4 is 34.0 Å². The number of hydrogen-bond acceptors (Lipinski definition) is 6. The van der Waals surface area contributed by atoms with E-state index < -0.39 is 4.92 Å². The SMILES string of the molecule is N=C(N)SCc1ccc(-c2csc(-c3cccc([N+](=O)[O-])c3)n2)cc1. The Kier molecular flexibility index (Phi) is 5.11. The van der Waals surface area contributed by atoms with E-state index >= 15 is 0 Å². The Hall–Kier alpha value is -2.71. The van der Waals surface area contributed by atoms with E-state index in [1.165, 1.54) is 35.2 Å². The number of thioether (sulfide) groups is 1. The second-order valence-corrected chi connectivity index (χ2v) is 7.07. The molecule has 0 fully saturated rings. The molecule has 0 saturated heterocycles. The molecule has 0 aliphatic heterocycles. The molecule has 0 radical (unpaired) electrons. The average Bonchev–Trinajstić information content (AvgIpc) is 3.10. The average molecular weight is 370 g/mol. The third-order valence-electron chi connectivity index (χ3n) is 3.45. The molecule has 0 aliphatic carbocycles. The third kappa shape index (κ3) is 4.23. The van der Waals surface area contributed by atoms with E-state index in [1.807, 2.05) is 35.7 Å². The minimum atomic E-state index is -0.407. The molecular formula is C17H14N4O2S2. The molecule has 0 spiro atoms. The number of nitrogens with one attached hydrogen (secondary N) is 1. The molecule has 126 valence electrons. The highest BCUT2D eigenvalue weighted by atomic mass is 32.2. The summed E-state index contributed by atoms with van der Waals surface area (Å²) in [4.78, 5) is 15.1. The first-order valence-corrected chi connectivity index (χ1v) is 9.16. The second kappa shape index (κ2) is 7.45. The highest BCUT2D eigenvalue weighted by molar-refractivity contribution is 8.13. The number of nitro groups is 1. The van der Waals surface area contributed by atoms with Gasteiger partial charge in [-0.05, 0) is 5.56 Å². The number of hydrogen-bond donors (Lipinski definition) is 2. The van der Waals surface area contributed by atoms with Crippen molar-refractivity contribution in [2.45, 2.75) is 5.75 Å². The predicted molar refractivity (Wildman–Crippen MR) is 103 cm³/mol. The number of nitrogens with zero attached hydrogens (tertiary/aromatic N) is 2. The Morgan fingerprint density at radius 2 is 2.00 bits per heavy atom. The van der Waals surface area contributed by atoms with Crippen LogP contribution in [0.15, 0.2) is 53.9 Å². The fourth-order valence-electron chi connectivity index (χ4n) is 2.22. The molecule has 0 aliphatic rings. The van der Waals surface area contributed by atoms with Gasteiger partial charge in [-0.2, -0.15) is 0 Å². The lowest BCUT2D eigenvalue weighted by Crippen LogP contribution is -2.03. The van der Waals surface area contributed by atoms with Gasteiger partial charge in [-0.3, -0.25) is 15.5 Å². The number of nitro benzene ring substituents is 1. The Balaban J connectivity index is 1.80. The summed E-state index contributed by atoms with van der Waals surface area (Å²) in [5, 5.41) is 20.9. The third-order valence-corrected chi connectivity index (χ3v) is 5.13. The minimum absolute atomic E-state index is 0.0570. The standard InChI is InChI=1S/C17H14N4O2S2/c18-17(19)25-9-11-4-6-12(7-5-11)15-10-24-16(20-15)13-2-1-3-14(8-13)21(22)23/h1-8,10H,9H2,(H3,18,19). The van der Waals surface area contributed by atoms with Gasteiger partial charge in [0, 0.05) is 34.4 Å². The van der Waals surface area contributed by atoms with E-state index in [4.69, 9.17) is 11.1 Å². The van der Waals surface area contributed by atoms with Gasteiger partial charge in [-0.15, -0.1) is 11.3 Å². The summed E-state index contributed by atoms with van der Waals surface area (Å²) in [6.45, 7) is 0. The molecule has 3 aromatic rings. The maximum Gasteiger partial charge on any atom is 0.270 e. The molecule has 3 rings (SSSR count). The first-order valence-electron chi connectivity index (χ1n) is 7.29. The van der Waals surface area contributed by atoms with Crippen LogP contribution in [0.5, 0.6) is 0 Å². The van der Waals surface area contributed by atoms with Crippen LogP contribution in [0.3, 0.4) is 0 Å². The molecule has 2 aromatic carbocycles. The summed E-state index contributed by atoms with van der Waals surface area (Å²) in [6.07, 6.45) is 0. The maximum absolute atomic E-state index is 10.9. The van der Waals surface area contributed by atoms with Crippen molar-refractivity contribution in [3.63, 3.8) is 0 Å². The van der Waals surface area contributed by atoms with Crippen LogP contribution in [-0.4, -0.2) is 15.1 Å². The van der Waals surface area contributed by atoms with E-state index in [1.54, 1.807) is 6.07 Å². The van der Waals surface area contributed by atoms with Gasteiger partial charge in [0.05, 0.1) is 10.6 Å². The fourth-order valence-corrected chi connectivity index (χ4v) is 3.57. The monoisotopic (exact) mass is 370 g/mol. The largest absolute Gasteiger partial charge is 0.379 e. The Morgan fingerprint density at radius 1 is 1.24 bits per heavy atom. The van der Waals surface area contributed by atoms with Crippen molar-refractivity contribution in [1.82, 2.24) is 4.98 Å². The van der Waals surface area contributed by atoms with Crippen molar-refractivity contribution in [2.75, 3.05) is 0 Å². The van der Waals surface area contributed by atoms with E-state index in [0.717, 1.165) is 27.4 Å². The molecular weight excluding hydrogens is 356 g/mol. The normalized spacial score (nSPS) is 10.6. The molecule has 25 heavy (non-hydrogen) atoms. The van der Waals surface area contributed by atoms with Crippen molar-refractivity contribution in [1.29, 1.82) is 5.41 Å². The Morgan fingerprint density at radius 3 is 2.68 bits per heavy atom. The minimum Gasteiger partial charge on any atom is -0.379 e. The van der Waals surface area contributed by atoms with Crippen LogP contribution < -0.4 is 5.73 Å². The molecule has 0 amide bonds. The molecule has 0 bridgehead atoms. The van der Waals surface area contributed by atoms with Gasteiger partial charge in [0.15, 0.2) is 5.17 Å². The zero-order valence-electron chi connectivity index (χ0n) is 13.0. The van der Waals surface area contributed by atoms with Crippen molar-refractivity contribution < 1.29 is 4.92 Å². The van der Waals surface area contributed by atoms with Gasteiger partial charge in [0.25, 0.3) is 5.69 Å². The number of benzene rings is 2. The summed E-state index contributed by atoms with van der Waals surface area (Å²) < 4.78 is 0. The van der Waals surface area contributed by atoms with Crippen molar-refractivity contribution in [3.8, 4) is 21.8 Å². The lowest BCUT2D eigenvalue weighted by molar-refractivity contribution is -0.384. The zero-order valence-corrected chi connectivity index (χ0v) is 14.6. The van der Waals surface area contributed by atoms with Crippen LogP contribution in [0.25, 0.3) is 21.8 Å². The molecule has 8 heteroatoms. The maximum atomic E-state index is 10.9. The van der Waals surface area contributed by atoms with Gasteiger partial charge in [0.2, 0.25) is 0 Å². The zero-order chi connectivity index (χ0) is 17.8. The van der Waals surface area contributed by atoms with Crippen molar-refractivity contribution in [2.24, 2.45) is 5.73 Å². The van der Waals surface area contributed by atoms with Gasteiger partial charge < -0.3 is 5.73 Å². The van der Waals surface area contributed by atoms with Gasteiger partial charge in [-0.1, -0.05) is 48.2 Å². The van der Waals surface area contributed by atoms with Crippen molar-refractivity contribution in [3.05, 3.63) is 69.6 Å². The fraction of sp³-hybridized carbons (Fsp3) is 0.0588. The van der Waals surface area contributed by atoms with Gasteiger partial charge in [0.1, 0.15) is 5.01 Å². The molecule has 0 saturated carbocycles. The highest BCUT2D eigenvalue weighted by Gasteiger charge is 2.11. The molecule has 3 N–H and O–H groups in total. The van der Waals surface area contributed by atoms with Crippen LogP contribution in [0.2, 0.25) is 0 Å². The van der Waals surface area contributed by atoms with E-state index in [2.05, 4.69) is 4.98 Å². The summed E-state index contributed by atoms with van der Waals surface area (Å²) >= 11 is 2.74. The number of rotatable bonds is 5. The first kappa shape index (κ1) is 17.1. The van der Waals surface area contributed by atoms with Crippen LogP contribution >= 0.6 is 23.1 Å². The number of aromatic nitrogens is 1. The Labute approximate surface area is 152 Å². The predicted octanol–water partition coefficient (Wildman–Crippen LogP) is 4.51. The smallest absolute Gasteiger partial charge is 0.270 e. The Bertz CT molecular complexity index is 922. The van der Waals surface area contributed by atoms with E-state index in [0.29, 0.717) is 5.75 Å². The quantitative estimate of drug-likeness (QED) is 0.297. The first-order chi connectivity index (χ1) is 12.0. The van der Waals surface area contributed by atoms with Crippen LogP contribution in [0, 0.1) is 15.5 Å². The highest BCUT2D eigenvalue weighted by Crippen LogP contribution is 2.31. The second-order valence-electron chi connectivity index (χ2n) is 5.20. The lowest BCUT2D eigenvalue weighted by atomic mass is 10.1. The molecule has 0 unspecified atom stereocenters. The molecule has 1 aromatic heterocycles. The molecule has 0 atom stereocenters. The van der Waals surface area contributed by atoms with E-state index in [-0.39, 0.29) is 10.9 Å². The van der Waals surface area contributed by atoms with Gasteiger partial charge in [-0.25, -0.2) is 4.98 Å². The number of non-ortho nitro benzene ring substituents is 1. The van der Waals surface area contributed by atoms with Crippen LogP contribution in [0.4, 0.5) is 5.69 Å². The van der Waals surface area contributed by atoms with Gasteiger partial charge >= 0.3 is 0 Å². The number of amidine groups is 1. The number of thiazole rings is 1. The molecule has 1 heterocycles. The van der Waals surface area contributed by atoms with E-state index in [9.17, 15) is 10.1 Å². The topological polar surface area (TPSA) is 106 Å². The van der Waals surface area contributed by atoms with Crippen LogP contribution in [0.1, 0.15) is 5.56 Å². The summed E-state index contributed by atoms with van der Waals surface area (Å²) in [7, 11) is 0. The van der Waals surface area contributed by atoms with Crippen LogP contribution in [-0.2, 0) is 5.75 Å².